The van der Waals surface area contributed by atoms with E-state index in [0.717, 1.165) is 6.33 Å². The average molecular weight is 315 g/mol. The molecule has 0 bridgehead atoms. The van der Waals surface area contributed by atoms with Crippen molar-refractivity contribution in [1.82, 2.24) is 19.5 Å². The first kappa shape index (κ1) is 14.3. The Morgan fingerprint density at radius 2 is 2.19 bits per heavy atom. The van der Waals surface area contributed by atoms with Gasteiger partial charge in [-0.05, 0) is 0 Å². The molecule has 0 saturated carbocycles. The van der Waals surface area contributed by atoms with Crippen LogP contribution in [-0.4, -0.2) is 57.0 Å². The Balaban J connectivity index is 2.07. The molecule has 11 heteroatoms. The van der Waals surface area contributed by atoms with Gasteiger partial charge in [-0.3, -0.25) is 4.57 Å². The third-order valence-corrected chi connectivity index (χ3v) is 4.13. The summed E-state index contributed by atoms with van der Waals surface area (Å²) in [6.45, 7) is -0.318. The van der Waals surface area contributed by atoms with Gasteiger partial charge in [-0.2, -0.15) is 0 Å². The summed E-state index contributed by atoms with van der Waals surface area (Å²) < 4.78 is 29.9. The number of fused-ring (bicyclic) bond motifs is 1. The van der Waals surface area contributed by atoms with E-state index in [1.807, 2.05) is 0 Å². The van der Waals surface area contributed by atoms with Gasteiger partial charge in [-0.25, -0.2) is 28.5 Å². The molecule has 3 rings (SSSR count). The van der Waals surface area contributed by atoms with Gasteiger partial charge in [0.2, 0.25) is 5.03 Å². The van der Waals surface area contributed by atoms with Crippen molar-refractivity contribution in [3.63, 3.8) is 0 Å². The maximum Gasteiger partial charge on any atom is 0.257 e. The SMILES string of the molecule is NS(=O)(=O)c1ncnc2c1ncn2[C@@H]1C[C@H](O)[C@@H](CO)O1. The number of ether oxygens (including phenoxy) is 1. The van der Waals surface area contributed by atoms with Crippen LogP contribution in [0.2, 0.25) is 0 Å². The second-order valence-corrected chi connectivity index (χ2v) is 6.14. The second kappa shape index (κ2) is 4.96. The Kier molecular flexibility index (Phi) is 3.37. The Morgan fingerprint density at radius 1 is 1.43 bits per heavy atom. The van der Waals surface area contributed by atoms with Crippen LogP contribution in [0.15, 0.2) is 17.7 Å². The second-order valence-electron chi connectivity index (χ2n) is 4.66. The Labute approximate surface area is 119 Å². The van der Waals surface area contributed by atoms with Gasteiger partial charge in [0, 0.05) is 6.42 Å². The lowest BCUT2D eigenvalue weighted by atomic mass is 10.2. The van der Waals surface area contributed by atoms with Crippen molar-refractivity contribution in [3.05, 3.63) is 12.7 Å². The maximum absolute atomic E-state index is 11.5. The number of nitrogens with zero attached hydrogens (tertiary/aromatic N) is 4. The minimum Gasteiger partial charge on any atom is -0.394 e. The van der Waals surface area contributed by atoms with Gasteiger partial charge < -0.3 is 14.9 Å². The Bertz CT molecular complexity index is 775. The highest BCUT2D eigenvalue weighted by atomic mass is 32.2. The minimum absolute atomic E-state index is 0.0329. The van der Waals surface area contributed by atoms with Crippen LogP contribution >= 0.6 is 0 Å². The molecule has 0 spiro atoms. The molecule has 1 fully saturated rings. The van der Waals surface area contributed by atoms with E-state index in [4.69, 9.17) is 15.0 Å². The Hall–Kier alpha value is -1.66. The number of hydrogen-bond donors (Lipinski definition) is 3. The third kappa shape index (κ3) is 2.38. The van der Waals surface area contributed by atoms with E-state index in [-0.39, 0.29) is 29.2 Å². The van der Waals surface area contributed by atoms with Crippen molar-refractivity contribution < 1.29 is 23.4 Å². The highest BCUT2D eigenvalue weighted by molar-refractivity contribution is 7.89. The van der Waals surface area contributed by atoms with Gasteiger partial charge in [-0.15, -0.1) is 0 Å². The lowest BCUT2D eigenvalue weighted by Gasteiger charge is -2.13. The molecule has 114 valence electrons. The molecule has 0 unspecified atom stereocenters. The first-order chi connectivity index (χ1) is 9.91. The molecule has 3 atom stereocenters. The summed E-state index contributed by atoms with van der Waals surface area (Å²) in [5.74, 6) is 0. The molecule has 2 aromatic rings. The summed E-state index contributed by atoms with van der Waals surface area (Å²) in [6, 6.07) is 0. The fourth-order valence-corrected chi connectivity index (χ4v) is 2.91. The maximum atomic E-state index is 11.5. The van der Waals surface area contributed by atoms with Gasteiger partial charge in [0.25, 0.3) is 10.0 Å². The van der Waals surface area contributed by atoms with Crippen molar-refractivity contribution >= 4 is 21.2 Å². The van der Waals surface area contributed by atoms with Gasteiger partial charge in [0.15, 0.2) is 5.65 Å². The smallest absolute Gasteiger partial charge is 0.257 e. The van der Waals surface area contributed by atoms with E-state index < -0.39 is 28.5 Å². The molecule has 0 amide bonds. The molecule has 0 radical (unpaired) electrons. The molecule has 4 N–H and O–H groups in total. The molecular weight excluding hydrogens is 302 g/mol. The van der Waals surface area contributed by atoms with Crippen molar-refractivity contribution in [1.29, 1.82) is 0 Å². The first-order valence-corrected chi connectivity index (χ1v) is 7.61. The molecule has 0 aromatic carbocycles. The van der Waals surface area contributed by atoms with Crippen LogP contribution in [0, 0.1) is 0 Å². The zero-order chi connectivity index (χ0) is 15.2. The van der Waals surface area contributed by atoms with E-state index in [2.05, 4.69) is 15.0 Å². The molecule has 1 aliphatic heterocycles. The molecule has 10 nitrogen and oxygen atoms in total. The summed E-state index contributed by atoms with van der Waals surface area (Å²) in [6.07, 6.45) is 0.500. The van der Waals surface area contributed by atoms with Crippen molar-refractivity contribution in [2.24, 2.45) is 5.14 Å². The summed E-state index contributed by atoms with van der Waals surface area (Å²) in [5.41, 5.74) is 0.260. The monoisotopic (exact) mass is 315 g/mol. The number of hydrogen-bond acceptors (Lipinski definition) is 8. The van der Waals surface area contributed by atoms with Crippen LogP contribution < -0.4 is 5.14 Å². The molecule has 21 heavy (non-hydrogen) atoms. The van der Waals surface area contributed by atoms with Crippen molar-refractivity contribution in [3.8, 4) is 0 Å². The van der Waals surface area contributed by atoms with Crippen LogP contribution in [-0.2, 0) is 14.8 Å². The quantitative estimate of drug-likeness (QED) is 0.556. The first-order valence-electron chi connectivity index (χ1n) is 6.06. The highest BCUT2D eigenvalue weighted by Gasteiger charge is 2.35. The number of rotatable bonds is 3. The molecule has 2 aromatic heterocycles. The van der Waals surface area contributed by atoms with Gasteiger partial charge >= 0.3 is 0 Å². The fourth-order valence-electron chi connectivity index (χ4n) is 2.30. The Morgan fingerprint density at radius 3 is 2.81 bits per heavy atom. The van der Waals surface area contributed by atoms with Crippen molar-refractivity contribution in [2.75, 3.05) is 6.61 Å². The molecule has 1 saturated heterocycles. The number of primary sulfonamides is 1. The number of aliphatic hydroxyl groups excluding tert-OH is 2. The van der Waals surface area contributed by atoms with Crippen LogP contribution in [0.3, 0.4) is 0 Å². The number of aromatic nitrogens is 4. The van der Waals surface area contributed by atoms with E-state index in [1.54, 1.807) is 0 Å². The predicted molar refractivity (Wildman–Crippen MR) is 68.3 cm³/mol. The van der Waals surface area contributed by atoms with Crippen LogP contribution in [0.5, 0.6) is 0 Å². The highest BCUT2D eigenvalue weighted by Crippen LogP contribution is 2.31. The van der Waals surface area contributed by atoms with E-state index in [9.17, 15) is 13.5 Å². The fraction of sp³-hybridized carbons (Fsp3) is 0.500. The molecular formula is C10H13N5O5S. The largest absolute Gasteiger partial charge is 0.394 e. The van der Waals surface area contributed by atoms with E-state index in [0.29, 0.717) is 0 Å². The summed E-state index contributed by atoms with van der Waals surface area (Å²) in [4.78, 5) is 11.6. The zero-order valence-electron chi connectivity index (χ0n) is 10.7. The summed E-state index contributed by atoms with van der Waals surface area (Å²) in [5, 5.41) is 23.5. The lowest BCUT2D eigenvalue weighted by molar-refractivity contribution is -0.0432. The van der Waals surface area contributed by atoms with Crippen LogP contribution in [0.25, 0.3) is 11.2 Å². The average Bonchev–Trinajstić information content (AvgIpc) is 3.00. The minimum atomic E-state index is -4.02. The van der Waals surface area contributed by atoms with Crippen molar-refractivity contribution in [2.45, 2.75) is 29.9 Å². The zero-order valence-corrected chi connectivity index (χ0v) is 11.5. The standard InChI is InChI=1S/C10H13N5O5S/c11-21(18,19)10-8-9(12-3-13-10)15(4-14-8)7-1-5(17)6(2-16)20-7/h3-7,16-17H,1-2H2,(H2,11,18,19)/t5-,6+,7-/m0/s1. The summed E-state index contributed by atoms with van der Waals surface area (Å²) >= 11 is 0. The number of imidazole rings is 1. The van der Waals surface area contributed by atoms with Crippen LogP contribution in [0.4, 0.5) is 0 Å². The topological polar surface area (TPSA) is 153 Å². The number of nitrogens with two attached hydrogens (primary N) is 1. The molecule has 0 aliphatic carbocycles. The number of sulfonamides is 1. The third-order valence-electron chi connectivity index (χ3n) is 3.29. The summed E-state index contributed by atoms with van der Waals surface area (Å²) in [7, 11) is -4.02. The van der Waals surface area contributed by atoms with E-state index in [1.165, 1.54) is 10.9 Å². The predicted octanol–water partition coefficient (Wildman–Crippen LogP) is -1.89. The molecule has 1 aliphatic rings. The van der Waals surface area contributed by atoms with Gasteiger partial charge in [0.1, 0.15) is 24.2 Å². The normalized spacial score (nSPS) is 26.5. The molecule has 3 heterocycles. The van der Waals surface area contributed by atoms with E-state index >= 15 is 0 Å². The van der Waals surface area contributed by atoms with Crippen LogP contribution in [0.1, 0.15) is 12.6 Å². The lowest BCUT2D eigenvalue weighted by Crippen LogP contribution is -2.24. The number of aliphatic hydroxyl groups is 2. The van der Waals surface area contributed by atoms with Gasteiger partial charge in [0.05, 0.1) is 19.0 Å². The van der Waals surface area contributed by atoms with Gasteiger partial charge in [-0.1, -0.05) is 0 Å².